The Hall–Kier alpha value is -2.37. The van der Waals surface area contributed by atoms with Crippen LogP contribution in [0.2, 0.25) is 0 Å². The number of nitrogens with one attached hydrogen (secondary N) is 2. The third-order valence-electron chi connectivity index (χ3n) is 5.26. The molecule has 0 aromatic carbocycles. The number of hydrogen-bond donors (Lipinski definition) is 2. The molecule has 2 unspecified atom stereocenters. The van der Waals surface area contributed by atoms with Crippen LogP contribution in [0.25, 0.3) is 11.0 Å². The fourth-order valence-corrected chi connectivity index (χ4v) is 3.74. The molecule has 2 aromatic heterocycles. The highest BCUT2D eigenvalue weighted by Crippen LogP contribution is 2.26. The standard InChI is InChI=1S/C20H28N4O2/c1-13(2)20(26)24-9-6-15(10-14(24)3)4-7-22-19(25)16-11-18-17(23-12-16)5-8-21-18/h5,8,11-15,21H,4,6-7,9-10H2,1-3H3,(H,22,25). The maximum atomic E-state index is 12.3. The molecule has 3 rings (SSSR count). The third kappa shape index (κ3) is 4.06. The Morgan fingerprint density at radius 3 is 2.96 bits per heavy atom. The number of hydrogen-bond acceptors (Lipinski definition) is 3. The molecule has 3 heterocycles. The topological polar surface area (TPSA) is 78.1 Å². The van der Waals surface area contributed by atoms with E-state index in [4.69, 9.17) is 0 Å². The van der Waals surface area contributed by atoms with Gasteiger partial charge in [0.25, 0.3) is 5.91 Å². The molecule has 2 aromatic rings. The van der Waals surface area contributed by atoms with Gasteiger partial charge >= 0.3 is 0 Å². The molecule has 1 saturated heterocycles. The Morgan fingerprint density at radius 2 is 2.23 bits per heavy atom. The molecule has 0 radical (unpaired) electrons. The zero-order chi connectivity index (χ0) is 18.7. The van der Waals surface area contributed by atoms with Crippen molar-refractivity contribution in [1.29, 1.82) is 0 Å². The highest BCUT2D eigenvalue weighted by Gasteiger charge is 2.29. The quantitative estimate of drug-likeness (QED) is 0.864. The number of H-pyrrole nitrogens is 1. The van der Waals surface area contributed by atoms with Gasteiger partial charge in [0, 0.05) is 37.4 Å². The molecule has 0 aliphatic carbocycles. The van der Waals surface area contributed by atoms with E-state index >= 15 is 0 Å². The lowest BCUT2D eigenvalue weighted by molar-refractivity contribution is -0.138. The molecule has 6 heteroatoms. The summed E-state index contributed by atoms with van der Waals surface area (Å²) in [6.07, 6.45) is 6.39. The fraction of sp³-hybridized carbons (Fsp3) is 0.550. The van der Waals surface area contributed by atoms with E-state index in [2.05, 4.69) is 22.2 Å². The lowest BCUT2D eigenvalue weighted by Crippen LogP contribution is -2.46. The van der Waals surface area contributed by atoms with Crippen LogP contribution in [0.15, 0.2) is 24.5 Å². The molecule has 140 valence electrons. The van der Waals surface area contributed by atoms with E-state index < -0.39 is 0 Å². The van der Waals surface area contributed by atoms with Crippen LogP contribution in [-0.2, 0) is 4.79 Å². The molecule has 1 fully saturated rings. The van der Waals surface area contributed by atoms with Gasteiger partial charge in [-0.15, -0.1) is 0 Å². The van der Waals surface area contributed by atoms with Gasteiger partial charge in [-0.2, -0.15) is 0 Å². The number of aromatic nitrogens is 2. The maximum absolute atomic E-state index is 12.3. The summed E-state index contributed by atoms with van der Waals surface area (Å²) in [7, 11) is 0. The first-order valence-corrected chi connectivity index (χ1v) is 9.47. The van der Waals surface area contributed by atoms with Crippen molar-refractivity contribution in [2.45, 2.75) is 46.1 Å². The number of nitrogens with zero attached hydrogens (tertiary/aromatic N) is 2. The summed E-state index contributed by atoms with van der Waals surface area (Å²) >= 11 is 0. The van der Waals surface area contributed by atoms with Crippen molar-refractivity contribution in [3.05, 3.63) is 30.1 Å². The Bertz CT molecular complexity index is 783. The Balaban J connectivity index is 1.46. The molecule has 1 aliphatic heterocycles. The van der Waals surface area contributed by atoms with Crippen molar-refractivity contribution in [2.24, 2.45) is 11.8 Å². The van der Waals surface area contributed by atoms with E-state index in [-0.39, 0.29) is 23.8 Å². The fourth-order valence-electron chi connectivity index (χ4n) is 3.74. The summed E-state index contributed by atoms with van der Waals surface area (Å²) in [6.45, 7) is 7.51. The van der Waals surface area contributed by atoms with Gasteiger partial charge in [-0.1, -0.05) is 13.8 Å². The van der Waals surface area contributed by atoms with Crippen molar-refractivity contribution in [3.63, 3.8) is 0 Å². The van der Waals surface area contributed by atoms with Gasteiger partial charge in [0.05, 0.1) is 16.6 Å². The van der Waals surface area contributed by atoms with Gasteiger partial charge in [0.15, 0.2) is 0 Å². The number of rotatable bonds is 5. The predicted octanol–water partition coefficient (Wildman–Crippen LogP) is 2.97. The van der Waals surface area contributed by atoms with Crippen LogP contribution in [0.3, 0.4) is 0 Å². The zero-order valence-electron chi connectivity index (χ0n) is 15.8. The minimum atomic E-state index is -0.0885. The van der Waals surface area contributed by atoms with Crippen molar-refractivity contribution in [2.75, 3.05) is 13.1 Å². The number of carbonyl (C=O) groups is 2. The molecule has 1 aliphatic rings. The molecule has 2 N–H and O–H groups in total. The van der Waals surface area contributed by atoms with E-state index in [0.29, 0.717) is 18.0 Å². The van der Waals surface area contributed by atoms with Gasteiger partial charge in [-0.3, -0.25) is 14.6 Å². The Kier molecular flexibility index (Phi) is 5.59. The second-order valence-electron chi connectivity index (χ2n) is 7.60. The van der Waals surface area contributed by atoms with Gasteiger partial charge in [0.2, 0.25) is 5.91 Å². The van der Waals surface area contributed by atoms with Crippen LogP contribution in [0, 0.1) is 11.8 Å². The summed E-state index contributed by atoms with van der Waals surface area (Å²) < 4.78 is 0. The van der Waals surface area contributed by atoms with Gasteiger partial charge < -0.3 is 15.2 Å². The summed E-state index contributed by atoms with van der Waals surface area (Å²) in [6, 6.07) is 3.99. The SMILES string of the molecule is CC(C)C(=O)N1CCC(CCNC(=O)c2cnc3cc[nH]c3c2)CC1C. The molecule has 6 nitrogen and oxygen atoms in total. The van der Waals surface area contributed by atoms with Crippen molar-refractivity contribution < 1.29 is 9.59 Å². The van der Waals surface area contributed by atoms with Crippen molar-refractivity contribution >= 4 is 22.8 Å². The van der Waals surface area contributed by atoms with Crippen molar-refractivity contribution in [1.82, 2.24) is 20.2 Å². The summed E-state index contributed by atoms with van der Waals surface area (Å²) in [5.41, 5.74) is 2.30. The monoisotopic (exact) mass is 356 g/mol. The highest BCUT2D eigenvalue weighted by atomic mass is 16.2. The second kappa shape index (κ2) is 7.89. The zero-order valence-corrected chi connectivity index (χ0v) is 15.8. The summed E-state index contributed by atoms with van der Waals surface area (Å²) in [5, 5.41) is 3.00. The van der Waals surface area contributed by atoms with Crippen LogP contribution in [-0.4, -0.2) is 45.8 Å². The van der Waals surface area contributed by atoms with E-state index in [9.17, 15) is 9.59 Å². The van der Waals surface area contributed by atoms with Crippen molar-refractivity contribution in [3.8, 4) is 0 Å². The lowest BCUT2D eigenvalue weighted by atomic mass is 9.88. The largest absolute Gasteiger partial charge is 0.360 e. The second-order valence-corrected chi connectivity index (χ2v) is 7.60. The first-order valence-electron chi connectivity index (χ1n) is 9.47. The van der Waals surface area contributed by atoms with E-state index in [1.807, 2.05) is 37.1 Å². The Labute approximate surface area is 154 Å². The van der Waals surface area contributed by atoms with Gasteiger partial charge in [-0.05, 0) is 44.2 Å². The average molecular weight is 356 g/mol. The Morgan fingerprint density at radius 1 is 1.42 bits per heavy atom. The number of amides is 2. The molecular weight excluding hydrogens is 328 g/mol. The normalized spacial score (nSPS) is 20.5. The third-order valence-corrected chi connectivity index (χ3v) is 5.26. The van der Waals surface area contributed by atoms with Crippen LogP contribution in [0.5, 0.6) is 0 Å². The van der Waals surface area contributed by atoms with Crippen LogP contribution in [0.4, 0.5) is 0 Å². The predicted molar refractivity (Wildman–Crippen MR) is 102 cm³/mol. The molecule has 0 saturated carbocycles. The van der Waals surface area contributed by atoms with E-state index in [1.165, 1.54) is 0 Å². The van der Waals surface area contributed by atoms with Gasteiger partial charge in [-0.25, -0.2) is 0 Å². The number of aromatic amines is 1. The van der Waals surface area contributed by atoms with Gasteiger partial charge in [0.1, 0.15) is 0 Å². The average Bonchev–Trinajstić information content (AvgIpc) is 3.08. The molecule has 2 atom stereocenters. The number of likely N-dealkylation sites (tertiary alicyclic amines) is 1. The number of fused-ring (bicyclic) bond motifs is 1. The van der Waals surface area contributed by atoms with E-state index in [0.717, 1.165) is 36.8 Å². The minimum absolute atomic E-state index is 0.0545. The summed E-state index contributed by atoms with van der Waals surface area (Å²) in [5.74, 6) is 0.760. The highest BCUT2D eigenvalue weighted by molar-refractivity contribution is 5.96. The molecule has 0 bridgehead atoms. The summed E-state index contributed by atoms with van der Waals surface area (Å²) in [4.78, 5) is 33.9. The first kappa shape index (κ1) is 18.4. The maximum Gasteiger partial charge on any atom is 0.252 e. The van der Waals surface area contributed by atoms with Crippen LogP contribution in [0.1, 0.15) is 50.4 Å². The molecule has 26 heavy (non-hydrogen) atoms. The number of carbonyl (C=O) groups excluding carboxylic acids is 2. The van der Waals surface area contributed by atoms with Crippen LogP contribution >= 0.6 is 0 Å². The number of piperidine rings is 1. The minimum Gasteiger partial charge on any atom is -0.360 e. The molecule has 0 spiro atoms. The molecule has 2 amide bonds. The van der Waals surface area contributed by atoms with Crippen LogP contribution < -0.4 is 5.32 Å². The van der Waals surface area contributed by atoms with E-state index in [1.54, 1.807) is 6.20 Å². The number of pyridine rings is 1. The lowest BCUT2D eigenvalue weighted by Gasteiger charge is -2.38. The smallest absolute Gasteiger partial charge is 0.252 e. The first-order chi connectivity index (χ1) is 12.5. The molecular formula is C20H28N4O2.